The van der Waals surface area contributed by atoms with Crippen LogP contribution in [-0.2, 0) is 0 Å². The van der Waals surface area contributed by atoms with Crippen LogP contribution in [0.15, 0.2) is 28.8 Å². The molecule has 1 aromatic heterocycles. The Morgan fingerprint density at radius 2 is 2.13 bits per heavy atom. The maximum absolute atomic E-state index is 13.3. The highest BCUT2D eigenvalue weighted by Gasteiger charge is 2.17. The number of hydrogen-bond donors (Lipinski definition) is 0. The summed E-state index contributed by atoms with van der Waals surface area (Å²) in [5.41, 5.74) is 0.344. The van der Waals surface area contributed by atoms with Crippen molar-refractivity contribution < 1.29 is 13.7 Å². The summed E-state index contributed by atoms with van der Waals surface area (Å²) in [6, 6.07) is 5.98. The predicted octanol–water partition coefficient (Wildman–Crippen LogP) is 2.95. The van der Waals surface area contributed by atoms with Crippen molar-refractivity contribution >= 4 is 17.9 Å². The van der Waals surface area contributed by atoms with Crippen LogP contribution in [-0.4, -0.2) is 11.4 Å². The Balaban J connectivity index is 2.59. The van der Waals surface area contributed by atoms with Gasteiger partial charge >= 0.3 is 0 Å². The molecule has 2 aromatic rings. The number of aromatic nitrogens is 1. The van der Waals surface area contributed by atoms with Crippen LogP contribution in [0.25, 0.3) is 11.3 Å². The Kier molecular flexibility index (Phi) is 2.51. The third-order valence-electron chi connectivity index (χ3n) is 1.90. The number of nitrogens with zero attached hydrogens (tertiary/aromatic N) is 1. The summed E-state index contributed by atoms with van der Waals surface area (Å²) >= 11 is 5.78. The normalized spacial score (nSPS) is 10.3. The van der Waals surface area contributed by atoms with E-state index in [0.29, 0.717) is 6.29 Å². The first-order valence-corrected chi connectivity index (χ1v) is 4.47. The molecule has 0 aliphatic rings. The van der Waals surface area contributed by atoms with Crippen molar-refractivity contribution in [2.75, 3.05) is 0 Å². The Hall–Kier alpha value is -1.68. The molecule has 1 aromatic carbocycles. The molecule has 0 unspecified atom stereocenters. The highest BCUT2D eigenvalue weighted by atomic mass is 35.5. The monoisotopic (exact) mass is 225 g/mol. The molecule has 0 bridgehead atoms. The van der Waals surface area contributed by atoms with Crippen molar-refractivity contribution in [1.29, 1.82) is 0 Å². The van der Waals surface area contributed by atoms with Gasteiger partial charge in [0.15, 0.2) is 6.29 Å². The van der Waals surface area contributed by atoms with Crippen LogP contribution in [0.5, 0.6) is 0 Å². The van der Waals surface area contributed by atoms with Crippen LogP contribution < -0.4 is 0 Å². The molecule has 0 fully saturated rings. The lowest BCUT2D eigenvalue weighted by atomic mass is 10.1. The summed E-state index contributed by atoms with van der Waals surface area (Å²) in [5, 5.41) is 3.56. The van der Waals surface area contributed by atoms with Gasteiger partial charge in [0, 0.05) is 5.56 Å². The van der Waals surface area contributed by atoms with Crippen LogP contribution in [0.1, 0.15) is 10.6 Å². The van der Waals surface area contributed by atoms with E-state index in [9.17, 15) is 9.18 Å². The third kappa shape index (κ3) is 1.64. The van der Waals surface area contributed by atoms with E-state index in [1.807, 2.05) is 0 Å². The lowest BCUT2D eigenvalue weighted by Gasteiger charge is -1.97. The van der Waals surface area contributed by atoms with Crippen LogP contribution >= 0.6 is 11.6 Å². The molecule has 0 saturated carbocycles. The number of rotatable bonds is 2. The van der Waals surface area contributed by atoms with Gasteiger partial charge in [0.25, 0.3) is 0 Å². The van der Waals surface area contributed by atoms with E-state index in [1.54, 1.807) is 12.1 Å². The van der Waals surface area contributed by atoms with Gasteiger partial charge in [-0.15, -0.1) is 0 Å². The SMILES string of the molecule is O=Cc1onc(-c2ccccc2F)c1Cl. The number of aldehydes is 1. The molecule has 0 radical (unpaired) electrons. The molecule has 0 aliphatic carbocycles. The zero-order valence-corrected chi connectivity index (χ0v) is 8.16. The Morgan fingerprint density at radius 1 is 1.40 bits per heavy atom. The number of carbonyl (C=O) groups excluding carboxylic acids is 1. The smallest absolute Gasteiger partial charge is 0.218 e. The Bertz CT molecular complexity index is 510. The topological polar surface area (TPSA) is 43.1 Å². The van der Waals surface area contributed by atoms with Crippen molar-refractivity contribution in [3.63, 3.8) is 0 Å². The van der Waals surface area contributed by atoms with E-state index in [0.717, 1.165) is 0 Å². The molecular weight excluding hydrogens is 221 g/mol. The maximum Gasteiger partial charge on any atom is 0.218 e. The summed E-state index contributed by atoms with van der Waals surface area (Å²) in [5.74, 6) is -0.569. The lowest BCUT2D eigenvalue weighted by molar-refractivity contribution is 0.109. The molecule has 0 N–H and O–H groups in total. The van der Waals surface area contributed by atoms with Crippen LogP contribution in [0, 0.1) is 5.82 Å². The molecule has 76 valence electrons. The second-order valence-corrected chi connectivity index (χ2v) is 3.19. The van der Waals surface area contributed by atoms with E-state index in [-0.39, 0.29) is 22.0 Å². The van der Waals surface area contributed by atoms with Crippen molar-refractivity contribution in [3.8, 4) is 11.3 Å². The minimum Gasteiger partial charge on any atom is -0.351 e. The Morgan fingerprint density at radius 3 is 2.73 bits per heavy atom. The summed E-state index contributed by atoms with van der Waals surface area (Å²) in [4.78, 5) is 10.4. The molecule has 0 spiro atoms. The zero-order valence-electron chi connectivity index (χ0n) is 7.41. The fourth-order valence-electron chi connectivity index (χ4n) is 1.19. The van der Waals surface area contributed by atoms with Gasteiger partial charge < -0.3 is 4.52 Å². The van der Waals surface area contributed by atoms with Crippen molar-refractivity contribution in [3.05, 3.63) is 40.9 Å². The van der Waals surface area contributed by atoms with Crippen molar-refractivity contribution in [1.82, 2.24) is 5.16 Å². The fraction of sp³-hybridized carbons (Fsp3) is 0. The quantitative estimate of drug-likeness (QED) is 0.738. The van der Waals surface area contributed by atoms with Crippen molar-refractivity contribution in [2.45, 2.75) is 0 Å². The summed E-state index contributed by atoms with van der Waals surface area (Å²) < 4.78 is 18.0. The molecule has 0 atom stereocenters. The van der Waals surface area contributed by atoms with Gasteiger partial charge in [-0.1, -0.05) is 28.9 Å². The lowest BCUT2D eigenvalue weighted by Crippen LogP contribution is -1.84. The molecule has 1 heterocycles. The standard InChI is InChI=1S/C10H5ClFNO2/c11-9-8(5-14)15-13-10(9)6-3-1-2-4-7(6)12/h1-5H. The van der Waals surface area contributed by atoms with Gasteiger partial charge in [-0.3, -0.25) is 4.79 Å². The second-order valence-electron chi connectivity index (χ2n) is 2.81. The number of hydrogen-bond acceptors (Lipinski definition) is 3. The number of benzene rings is 1. The van der Waals surface area contributed by atoms with Gasteiger partial charge in [-0.25, -0.2) is 4.39 Å². The predicted molar refractivity (Wildman–Crippen MR) is 52.3 cm³/mol. The van der Waals surface area contributed by atoms with Gasteiger partial charge in [-0.2, -0.15) is 0 Å². The highest BCUT2D eigenvalue weighted by molar-refractivity contribution is 6.35. The first kappa shape index (κ1) is 9.86. The van der Waals surface area contributed by atoms with Crippen LogP contribution in [0.2, 0.25) is 5.02 Å². The van der Waals surface area contributed by atoms with E-state index >= 15 is 0 Å². The summed E-state index contributed by atoms with van der Waals surface area (Å²) in [7, 11) is 0. The molecule has 0 aliphatic heterocycles. The minimum absolute atomic E-state index is 0.0232. The average Bonchev–Trinajstić information content (AvgIpc) is 2.60. The largest absolute Gasteiger partial charge is 0.351 e. The Labute approximate surface area is 89.4 Å². The molecule has 5 heteroatoms. The summed E-state index contributed by atoms with van der Waals surface area (Å²) in [6.45, 7) is 0. The first-order valence-electron chi connectivity index (χ1n) is 4.09. The highest BCUT2D eigenvalue weighted by Crippen LogP contribution is 2.30. The second kappa shape index (κ2) is 3.82. The molecule has 3 nitrogen and oxygen atoms in total. The van der Waals surface area contributed by atoms with E-state index in [2.05, 4.69) is 9.68 Å². The van der Waals surface area contributed by atoms with Crippen LogP contribution in [0.3, 0.4) is 0 Å². The van der Waals surface area contributed by atoms with Crippen molar-refractivity contribution in [2.24, 2.45) is 0 Å². The van der Waals surface area contributed by atoms with Gasteiger partial charge in [0.05, 0.1) is 0 Å². The maximum atomic E-state index is 13.3. The van der Waals surface area contributed by atoms with Gasteiger partial charge in [0.2, 0.25) is 5.76 Å². The van der Waals surface area contributed by atoms with Gasteiger partial charge in [-0.05, 0) is 12.1 Å². The number of carbonyl (C=O) groups is 1. The van der Waals surface area contributed by atoms with E-state index < -0.39 is 5.82 Å². The summed E-state index contributed by atoms with van der Waals surface area (Å²) in [6.07, 6.45) is 0.430. The fourth-order valence-corrected chi connectivity index (χ4v) is 1.40. The molecular formula is C10H5ClFNO2. The third-order valence-corrected chi connectivity index (χ3v) is 2.26. The molecule has 2 rings (SSSR count). The molecule has 0 amide bonds. The van der Waals surface area contributed by atoms with Crippen LogP contribution in [0.4, 0.5) is 4.39 Å². The van der Waals surface area contributed by atoms with E-state index in [4.69, 9.17) is 11.6 Å². The average molecular weight is 226 g/mol. The number of halogens is 2. The molecule has 15 heavy (non-hydrogen) atoms. The molecule has 0 saturated heterocycles. The van der Waals surface area contributed by atoms with Gasteiger partial charge in [0.1, 0.15) is 16.5 Å². The van der Waals surface area contributed by atoms with E-state index in [1.165, 1.54) is 12.1 Å². The minimum atomic E-state index is -0.467. The zero-order chi connectivity index (χ0) is 10.8. The first-order chi connectivity index (χ1) is 7.24.